The first kappa shape index (κ1) is 19.3. The van der Waals surface area contributed by atoms with Crippen molar-refractivity contribution in [3.05, 3.63) is 107 Å². The largest absolute Gasteiger partial charge is 0.368 e. The van der Waals surface area contributed by atoms with Crippen LogP contribution in [0.1, 0.15) is 33.1 Å². The predicted molar refractivity (Wildman–Crippen MR) is 106 cm³/mol. The highest BCUT2D eigenvalue weighted by molar-refractivity contribution is 5.97. The minimum absolute atomic E-state index is 0.0796. The molecule has 0 heterocycles. The van der Waals surface area contributed by atoms with E-state index in [2.05, 4.69) is 0 Å². The standard InChI is InChI=1S/C23H21FN2O2/c1-16-12-13-20(24)19(14-16)15-26(23(28)18-10-6-3-7-11-18)21(22(25)27)17-8-4-2-5-9-17/h2-14,21H,15H2,1H3,(H2,25,27)/t21-/m1/s1. The Kier molecular flexibility index (Phi) is 5.84. The van der Waals surface area contributed by atoms with Gasteiger partial charge >= 0.3 is 0 Å². The highest BCUT2D eigenvalue weighted by atomic mass is 19.1. The molecule has 0 aliphatic rings. The predicted octanol–water partition coefficient (Wildman–Crippen LogP) is 4.00. The molecule has 0 radical (unpaired) electrons. The third kappa shape index (κ3) is 4.26. The lowest BCUT2D eigenvalue weighted by Crippen LogP contribution is -2.41. The van der Waals surface area contributed by atoms with E-state index in [0.717, 1.165) is 5.56 Å². The Labute approximate surface area is 163 Å². The van der Waals surface area contributed by atoms with Gasteiger partial charge < -0.3 is 10.6 Å². The van der Waals surface area contributed by atoms with Crippen molar-refractivity contribution >= 4 is 11.8 Å². The summed E-state index contributed by atoms with van der Waals surface area (Å²) in [5.74, 6) is -1.51. The number of halogens is 1. The Morgan fingerprint density at radius 1 is 0.964 bits per heavy atom. The zero-order valence-corrected chi connectivity index (χ0v) is 15.5. The van der Waals surface area contributed by atoms with Gasteiger partial charge in [0.2, 0.25) is 5.91 Å². The fourth-order valence-corrected chi connectivity index (χ4v) is 3.17. The number of nitrogens with two attached hydrogens (primary N) is 1. The lowest BCUT2D eigenvalue weighted by Gasteiger charge is -2.30. The van der Waals surface area contributed by atoms with E-state index in [0.29, 0.717) is 16.7 Å². The van der Waals surface area contributed by atoms with Gasteiger partial charge in [-0.2, -0.15) is 0 Å². The van der Waals surface area contributed by atoms with Crippen LogP contribution in [0.15, 0.2) is 78.9 Å². The van der Waals surface area contributed by atoms with Crippen molar-refractivity contribution in [2.45, 2.75) is 19.5 Å². The summed E-state index contributed by atoms with van der Waals surface area (Å²) in [6.07, 6.45) is 0. The molecule has 0 unspecified atom stereocenters. The highest BCUT2D eigenvalue weighted by Crippen LogP contribution is 2.26. The van der Waals surface area contributed by atoms with Gasteiger partial charge in [0.05, 0.1) is 6.54 Å². The average Bonchev–Trinajstić information content (AvgIpc) is 2.71. The molecule has 0 spiro atoms. The maximum atomic E-state index is 14.4. The smallest absolute Gasteiger partial charge is 0.255 e. The van der Waals surface area contributed by atoms with Crippen LogP contribution in [0, 0.1) is 12.7 Å². The van der Waals surface area contributed by atoms with E-state index in [4.69, 9.17) is 5.73 Å². The second kappa shape index (κ2) is 8.48. The van der Waals surface area contributed by atoms with E-state index in [1.807, 2.05) is 13.0 Å². The van der Waals surface area contributed by atoms with Crippen LogP contribution < -0.4 is 5.73 Å². The molecule has 0 aliphatic carbocycles. The first-order valence-electron chi connectivity index (χ1n) is 8.92. The van der Waals surface area contributed by atoms with E-state index < -0.39 is 23.7 Å². The maximum absolute atomic E-state index is 14.4. The van der Waals surface area contributed by atoms with Crippen LogP contribution in [-0.4, -0.2) is 16.7 Å². The Morgan fingerprint density at radius 2 is 1.57 bits per heavy atom. The topological polar surface area (TPSA) is 63.4 Å². The lowest BCUT2D eigenvalue weighted by molar-refractivity contribution is -0.122. The van der Waals surface area contributed by atoms with Crippen LogP contribution in [0.25, 0.3) is 0 Å². The summed E-state index contributed by atoms with van der Waals surface area (Å²) in [7, 11) is 0. The number of benzene rings is 3. The van der Waals surface area contributed by atoms with Crippen LogP contribution in [0.5, 0.6) is 0 Å². The second-order valence-electron chi connectivity index (χ2n) is 6.61. The van der Waals surface area contributed by atoms with Gasteiger partial charge in [-0.1, -0.05) is 66.2 Å². The van der Waals surface area contributed by atoms with Gasteiger partial charge in [-0.15, -0.1) is 0 Å². The monoisotopic (exact) mass is 376 g/mol. The van der Waals surface area contributed by atoms with Gasteiger partial charge in [-0.3, -0.25) is 9.59 Å². The SMILES string of the molecule is Cc1ccc(F)c(CN(C(=O)c2ccccc2)[C@@H](C(N)=O)c2ccccc2)c1. The molecule has 5 heteroatoms. The number of nitrogens with zero attached hydrogens (tertiary/aromatic N) is 1. The number of rotatable bonds is 6. The summed E-state index contributed by atoms with van der Waals surface area (Å²) in [6.45, 7) is 1.76. The van der Waals surface area contributed by atoms with Gasteiger partial charge in [0, 0.05) is 11.1 Å². The summed E-state index contributed by atoms with van der Waals surface area (Å²) in [4.78, 5) is 26.9. The van der Waals surface area contributed by atoms with Crippen molar-refractivity contribution in [1.29, 1.82) is 0 Å². The number of amides is 2. The Hall–Kier alpha value is -3.47. The molecule has 0 aromatic heterocycles. The molecule has 0 fully saturated rings. The quantitative estimate of drug-likeness (QED) is 0.707. The number of primary amides is 1. The molecule has 142 valence electrons. The average molecular weight is 376 g/mol. The molecule has 4 nitrogen and oxygen atoms in total. The normalized spacial score (nSPS) is 11.6. The zero-order valence-electron chi connectivity index (χ0n) is 15.5. The Bertz CT molecular complexity index is 974. The number of aryl methyl sites for hydroxylation is 1. The molecule has 28 heavy (non-hydrogen) atoms. The van der Waals surface area contributed by atoms with Crippen LogP contribution in [0.2, 0.25) is 0 Å². The minimum Gasteiger partial charge on any atom is -0.368 e. The van der Waals surface area contributed by atoms with Crippen molar-refractivity contribution in [3.8, 4) is 0 Å². The number of carbonyl (C=O) groups is 2. The number of hydrogen-bond acceptors (Lipinski definition) is 2. The molecule has 0 bridgehead atoms. The van der Waals surface area contributed by atoms with Gasteiger partial charge in [-0.25, -0.2) is 4.39 Å². The molecule has 0 saturated heterocycles. The number of carbonyl (C=O) groups excluding carboxylic acids is 2. The molecule has 3 aromatic rings. The zero-order chi connectivity index (χ0) is 20.1. The van der Waals surface area contributed by atoms with Crippen molar-refractivity contribution in [2.24, 2.45) is 5.73 Å². The van der Waals surface area contributed by atoms with Crippen LogP contribution in [0.4, 0.5) is 4.39 Å². The molecular formula is C23H21FN2O2. The molecular weight excluding hydrogens is 355 g/mol. The van der Waals surface area contributed by atoms with Crippen LogP contribution in [0.3, 0.4) is 0 Å². The summed E-state index contributed by atoms with van der Waals surface area (Å²) < 4.78 is 14.4. The summed E-state index contributed by atoms with van der Waals surface area (Å²) in [6, 6.07) is 21.1. The third-order valence-corrected chi connectivity index (χ3v) is 4.52. The van der Waals surface area contributed by atoms with E-state index >= 15 is 0 Å². The summed E-state index contributed by atoms with van der Waals surface area (Å²) in [5, 5.41) is 0. The second-order valence-corrected chi connectivity index (χ2v) is 6.61. The summed E-state index contributed by atoms with van der Waals surface area (Å²) >= 11 is 0. The Balaban J connectivity index is 2.08. The maximum Gasteiger partial charge on any atom is 0.255 e. The molecule has 2 amide bonds. The molecule has 3 aromatic carbocycles. The molecule has 3 rings (SSSR count). The Morgan fingerprint density at radius 3 is 2.18 bits per heavy atom. The highest BCUT2D eigenvalue weighted by Gasteiger charge is 2.31. The first-order chi connectivity index (χ1) is 13.5. The van der Waals surface area contributed by atoms with Crippen LogP contribution in [-0.2, 0) is 11.3 Å². The van der Waals surface area contributed by atoms with Gasteiger partial charge in [-0.05, 0) is 30.7 Å². The molecule has 0 aliphatic heterocycles. The van der Waals surface area contributed by atoms with Gasteiger partial charge in [0.25, 0.3) is 5.91 Å². The third-order valence-electron chi connectivity index (χ3n) is 4.52. The van der Waals surface area contributed by atoms with Crippen molar-refractivity contribution in [1.82, 2.24) is 4.90 Å². The summed E-state index contributed by atoms with van der Waals surface area (Å²) in [5.41, 5.74) is 7.84. The van der Waals surface area contributed by atoms with E-state index in [1.54, 1.807) is 66.7 Å². The van der Waals surface area contributed by atoms with E-state index in [9.17, 15) is 14.0 Å². The number of hydrogen-bond donors (Lipinski definition) is 1. The van der Waals surface area contributed by atoms with Crippen molar-refractivity contribution in [3.63, 3.8) is 0 Å². The van der Waals surface area contributed by atoms with Gasteiger partial charge in [0.1, 0.15) is 11.9 Å². The van der Waals surface area contributed by atoms with Crippen molar-refractivity contribution in [2.75, 3.05) is 0 Å². The van der Waals surface area contributed by atoms with Crippen molar-refractivity contribution < 1.29 is 14.0 Å². The molecule has 1 atom stereocenters. The first-order valence-corrected chi connectivity index (χ1v) is 8.92. The molecule has 0 saturated carbocycles. The van der Waals surface area contributed by atoms with Crippen LogP contribution >= 0.6 is 0 Å². The fourth-order valence-electron chi connectivity index (χ4n) is 3.17. The van der Waals surface area contributed by atoms with Gasteiger partial charge in [0.15, 0.2) is 0 Å². The van der Waals surface area contributed by atoms with E-state index in [-0.39, 0.29) is 6.54 Å². The van der Waals surface area contributed by atoms with E-state index in [1.165, 1.54) is 11.0 Å². The lowest BCUT2D eigenvalue weighted by atomic mass is 10.0. The minimum atomic E-state index is -1.02. The fraction of sp³-hybridized carbons (Fsp3) is 0.130. The molecule has 2 N–H and O–H groups in total.